The molecule has 0 radical (unpaired) electrons. The monoisotopic (exact) mass is 619 g/mol. The van der Waals surface area contributed by atoms with Gasteiger partial charge in [0.1, 0.15) is 18.3 Å². The van der Waals surface area contributed by atoms with Gasteiger partial charge >= 0.3 is 0 Å². The Morgan fingerprint density at radius 2 is 1.66 bits per heavy atom. The average molecular weight is 621 g/mol. The van der Waals surface area contributed by atoms with E-state index in [1.807, 2.05) is 37.3 Å². The first kappa shape index (κ1) is 32.2. The molecule has 220 valence electrons. The largest absolute Gasteiger partial charge is 0.495 e. The second kappa shape index (κ2) is 15.1. The van der Waals surface area contributed by atoms with Crippen LogP contribution in [0.3, 0.4) is 0 Å². The topological polar surface area (TPSA) is 96.0 Å². The van der Waals surface area contributed by atoms with Gasteiger partial charge in [-0.2, -0.15) is 0 Å². The molecule has 0 spiro atoms. The minimum Gasteiger partial charge on any atom is -0.495 e. The van der Waals surface area contributed by atoms with E-state index in [0.717, 1.165) is 34.5 Å². The number of methoxy groups -OCH3 is 1. The molecule has 3 aromatic rings. The normalized spacial score (nSPS) is 11.9. The van der Waals surface area contributed by atoms with Gasteiger partial charge in [0.05, 0.1) is 24.1 Å². The molecule has 2 amide bonds. The van der Waals surface area contributed by atoms with E-state index in [2.05, 4.69) is 5.32 Å². The molecule has 0 aromatic heterocycles. The Hall–Kier alpha value is -3.27. The fourth-order valence-electron chi connectivity index (χ4n) is 4.27. The van der Waals surface area contributed by atoms with E-state index in [4.69, 9.17) is 27.9 Å². The molecule has 3 aromatic carbocycles. The molecule has 1 atom stereocenters. The number of halogens is 2. The molecule has 0 saturated carbocycles. The molecule has 0 aliphatic rings. The van der Waals surface area contributed by atoms with Crippen LogP contribution in [0.25, 0.3) is 0 Å². The summed E-state index contributed by atoms with van der Waals surface area (Å²) in [4.78, 5) is 29.1. The molecule has 0 bridgehead atoms. The molecule has 0 aliphatic carbocycles. The van der Waals surface area contributed by atoms with Crippen LogP contribution in [0, 0.1) is 0 Å². The number of nitrogens with zero attached hydrogens (tertiary/aromatic N) is 2. The highest BCUT2D eigenvalue weighted by molar-refractivity contribution is 7.92. The van der Waals surface area contributed by atoms with E-state index >= 15 is 0 Å². The van der Waals surface area contributed by atoms with Crippen LogP contribution in [-0.2, 0) is 32.6 Å². The standard InChI is InChI=1S/C30H35Cl2N3O5S/c1-4-5-17-33-30(37)27(18-22-9-7-6-8-10-22)34(20-23-11-13-24(31)14-12-23)29(36)21-35(41(3,38)39)25-15-16-28(40-2)26(32)19-25/h6-16,19,27H,4-5,17-18,20-21H2,1-3H3,(H,33,37)/t27-/m1/s1. The second-order valence-corrected chi connectivity index (χ2v) is 12.3. The summed E-state index contributed by atoms with van der Waals surface area (Å²) in [5.41, 5.74) is 1.80. The lowest BCUT2D eigenvalue weighted by Gasteiger charge is -2.33. The number of sulfonamides is 1. The van der Waals surface area contributed by atoms with E-state index in [-0.39, 0.29) is 29.6 Å². The number of carbonyl (C=O) groups is 2. The summed E-state index contributed by atoms with van der Waals surface area (Å²) < 4.78 is 32.0. The summed E-state index contributed by atoms with van der Waals surface area (Å²) in [7, 11) is -2.47. The Labute approximate surface area is 252 Å². The Morgan fingerprint density at radius 3 is 2.24 bits per heavy atom. The highest BCUT2D eigenvalue weighted by Gasteiger charge is 2.33. The van der Waals surface area contributed by atoms with Crippen molar-refractivity contribution >= 4 is 50.7 Å². The zero-order valence-electron chi connectivity index (χ0n) is 23.3. The molecule has 0 fully saturated rings. The van der Waals surface area contributed by atoms with Gasteiger partial charge in [-0.05, 0) is 47.9 Å². The predicted octanol–water partition coefficient (Wildman–Crippen LogP) is 5.32. The lowest BCUT2D eigenvalue weighted by Crippen LogP contribution is -2.53. The van der Waals surface area contributed by atoms with Crippen molar-refractivity contribution in [1.82, 2.24) is 10.2 Å². The zero-order valence-corrected chi connectivity index (χ0v) is 25.7. The number of hydrogen-bond acceptors (Lipinski definition) is 5. The number of carbonyl (C=O) groups excluding carboxylic acids is 2. The Morgan fingerprint density at radius 1 is 0.976 bits per heavy atom. The van der Waals surface area contributed by atoms with Crippen molar-refractivity contribution in [3.63, 3.8) is 0 Å². The predicted molar refractivity (Wildman–Crippen MR) is 164 cm³/mol. The third-order valence-electron chi connectivity index (χ3n) is 6.47. The number of unbranched alkanes of at least 4 members (excludes halogenated alkanes) is 1. The van der Waals surface area contributed by atoms with E-state index < -0.39 is 28.5 Å². The number of nitrogens with one attached hydrogen (secondary N) is 1. The molecular weight excluding hydrogens is 585 g/mol. The average Bonchev–Trinajstić information content (AvgIpc) is 2.94. The summed E-state index contributed by atoms with van der Waals surface area (Å²) in [5, 5.41) is 3.68. The van der Waals surface area contributed by atoms with Crippen molar-refractivity contribution in [2.75, 3.05) is 30.8 Å². The zero-order chi connectivity index (χ0) is 30.0. The molecular formula is C30H35Cl2N3O5S. The summed E-state index contributed by atoms with van der Waals surface area (Å²) in [6.07, 6.45) is 2.94. The van der Waals surface area contributed by atoms with E-state index in [9.17, 15) is 18.0 Å². The SMILES string of the molecule is CCCCNC(=O)[C@@H](Cc1ccccc1)N(Cc1ccc(Cl)cc1)C(=O)CN(c1ccc(OC)c(Cl)c1)S(C)(=O)=O. The second-order valence-electron chi connectivity index (χ2n) is 9.59. The first-order chi connectivity index (χ1) is 19.5. The number of ether oxygens (including phenoxy) is 1. The van der Waals surface area contributed by atoms with Crippen molar-refractivity contribution in [2.45, 2.75) is 38.8 Å². The Bertz CT molecular complexity index is 1420. The van der Waals surface area contributed by atoms with Gasteiger partial charge in [-0.15, -0.1) is 0 Å². The highest BCUT2D eigenvalue weighted by atomic mass is 35.5. The lowest BCUT2D eigenvalue weighted by atomic mass is 10.0. The van der Waals surface area contributed by atoms with Gasteiger partial charge in [-0.3, -0.25) is 13.9 Å². The molecule has 0 heterocycles. The smallest absolute Gasteiger partial charge is 0.244 e. The fourth-order valence-corrected chi connectivity index (χ4v) is 5.49. The molecule has 3 rings (SSSR count). The van der Waals surface area contributed by atoms with Crippen LogP contribution in [0.4, 0.5) is 5.69 Å². The van der Waals surface area contributed by atoms with E-state index in [0.29, 0.717) is 17.3 Å². The first-order valence-electron chi connectivity index (χ1n) is 13.2. The van der Waals surface area contributed by atoms with E-state index in [1.165, 1.54) is 30.2 Å². The molecule has 8 nitrogen and oxygen atoms in total. The first-order valence-corrected chi connectivity index (χ1v) is 15.8. The summed E-state index contributed by atoms with van der Waals surface area (Å²) in [6, 6.07) is 19.9. The fraction of sp³-hybridized carbons (Fsp3) is 0.333. The molecule has 1 N–H and O–H groups in total. The molecule has 0 aliphatic heterocycles. The van der Waals surface area contributed by atoms with Crippen LogP contribution >= 0.6 is 23.2 Å². The van der Waals surface area contributed by atoms with Crippen LogP contribution < -0.4 is 14.4 Å². The number of rotatable bonds is 14. The van der Waals surface area contributed by atoms with Crippen molar-refractivity contribution in [3.8, 4) is 5.75 Å². The molecule has 41 heavy (non-hydrogen) atoms. The van der Waals surface area contributed by atoms with Gasteiger partial charge in [0.2, 0.25) is 21.8 Å². The van der Waals surface area contributed by atoms with Gasteiger partial charge in [0, 0.05) is 24.5 Å². The van der Waals surface area contributed by atoms with Crippen molar-refractivity contribution < 1.29 is 22.7 Å². The lowest BCUT2D eigenvalue weighted by molar-refractivity contribution is -0.140. The molecule has 0 saturated heterocycles. The van der Waals surface area contributed by atoms with Gasteiger partial charge in [-0.25, -0.2) is 8.42 Å². The highest BCUT2D eigenvalue weighted by Crippen LogP contribution is 2.30. The number of amides is 2. The molecule has 0 unspecified atom stereocenters. The summed E-state index contributed by atoms with van der Waals surface area (Å²) >= 11 is 12.4. The van der Waals surface area contributed by atoms with Crippen molar-refractivity contribution in [3.05, 3.63) is 94.0 Å². The van der Waals surface area contributed by atoms with Crippen LogP contribution in [0.5, 0.6) is 5.75 Å². The number of hydrogen-bond donors (Lipinski definition) is 1. The number of anilines is 1. The minimum atomic E-state index is -3.92. The van der Waals surface area contributed by atoms with Crippen LogP contribution in [0.15, 0.2) is 72.8 Å². The van der Waals surface area contributed by atoms with Crippen LogP contribution in [0.1, 0.15) is 30.9 Å². The third-order valence-corrected chi connectivity index (χ3v) is 8.16. The maximum Gasteiger partial charge on any atom is 0.244 e. The van der Waals surface area contributed by atoms with Crippen molar-refractivity contribution in [1.29, 1.82) is 0 Å². The van der Waals surface area contributed by atoms with E-state index in [1.54, 1.807) is 24.3 Å². The van der Waals surface area contributed by atoms with Crippen LogP contribution in [0.2, 0.25) is 10.0 Å². The van der Waals surface area contributed by atoms with Gasteiger partial charge < -0.3 is 15.0 Å². The summed E-state index contributed by atoms with van der Waals surface area (Å²) in [6.45, 7) is 2.01. The van der Waals surface area contributed by atoms with Gasteiger partial charge in [0.15, 0.2) is 0 Å². The Kier molecular flexibility index (Phi) is 11.9. The van der Waals surface area contributed by atoms with Gasteiger partial charge in [0.25, 0.3) is 0 Å². The van der Waals surface area contributed by atoms with Crippen molar-refractivity contribution in [2.24, 2.45) is 0 Å². The molecule has 11 heteroatoms. The maximum atomic E-state index is 14.1. The summed E-state index contributed by atoms with van der Waals surface area (Å²) in [5.74, 6) is -0.502. The maximum absolute atomic E-state index is 14.1. The quantitative estimate of drug-likeness (QED) is 0.246. The van der Waals surface area contributed by atoms with Crippen LogP contribution in [-0.4, -0.2) is 57.6 Å². The Balaban J connectivity index is 2.04. The number of benzene rings is 3. The van der Waals surface area contributed by atoms with Gasteiger partial charge in [-0.1, -0.05) is 79.0 Å². The third kappa shape index (κ3) is 9.38. The minimum absolute atomic E-state index is 0.0651.